The number of alkyl halides is 6. The third kappa shape index (κ3) is 5.25. The molecule has 1 rings (SSSR count). The molecule has 0 aliphatic heterocycles. The fraction of sp³-hybridized carbons (Fsp3) is 0.385. The van der Waals surface area contributed by atoms with Crippen LogP contribution in [0.5, 0.6) is 0 Å². The molecule has 10 heteroatoms. The molecule has 126 valence electrons. The molecule has 0 N–H and O–H groups in total. The van der Waals surface area contributed by atoms with E-state index in [1.165, 1.54) is 5.56 Å². The minimum atomic E-state index is -6.38. The lowest BCUT2D eigenvalue weighted by molar-refractivity contribution is -0.433. The van der Waals surface area contributed by atoms with E-state index >= 15 is 0 Å². The van der Waals surface area contributed by atoms with Gasteiger partial charge in [-0.25, -0.2) is 0 Å². The van der Waals surface area contributed by atoms with E-state index < -0.39 is 18.1 Å². The summed E-state index contributed by atoms with van der Waals surface area (Å²) in [5, 5.41) is 15.3. The first-order valence-electron chi connectivity index (χ1n) is 5.87. The fourth-order valence-corrected chi connectivity index (χ4v) is 1.15. The minimum Gasteiger partial charge on any atom is -0.346 e. The maximum absolute atomic E-state index is 12.7. The number of ether oxygens (including phenoxy) is 2. The minimum absolute atomic E-state index is 0.240. The Kier molecular flexibility index (Phi) is 7.20. The van der Waals surface area contributed by atoms with Gasteiger partial charge in [-0.1, -0.05) is 37.3 Å². The van der Waals surface area contributed by atoms with E-state index in [0.29, 0.717) is 0 Å². The molecule has 4 nitrogen and oxygen atoms in total. The highest BCUT2D eigenvalue weighted by molar-refractivity contribution is 5.13. The van der Waals surface area contributed by atoms with Gasteiger partial charge in [0.25, 0.3) is 12.5 Å². The average molecular weight is 340 g/mol. The molecule has 0 fully saturated rings. The number of nitrogens with zero attached hydrogens (tertiary/aromatic N) is 2. The Bertz CT molecular complexity index is 547. The molecule has 23 heavy (non-hydrogen) atoms. The van der Waals surface area contributed by atoms with Crippen LogP contribution in [0.3, 0.4) is 0 Å². The molecule has 0 radical (unpaired) electrons. The molecular weight excluding hydrogens is 330 g/mol. The Morgan fingerprint density at radius 2 is 1.35 bits per heavy atom. The second kappa shape index (κ2) is 8.13. The first-order chi connectivity index (χ1) is 10.6. The standard InChI is InChI=1S/C8H10.C5F6N2O2/c1-2-8-6-4-3-5-7-8;6-3(7,4(8,9)10)5(11,14-1-12)15-2-13/h3-7H,2H2,1H3;. The zero-order valence-corrected chi connectivity index (χ0v) is 11.6. The Balaban J connectivity index is 0.000000502. The Morgan fingerprint density at radius 1 is 0.913 bits per heavy atom. The lowest BCUT2D eigenvalue weighted by Gasteiger charge is -2.27. The highest BCUT2D eigenvalue weighted by Gasteiger charge is 2.77. The van der Waals surface area contributed by atoms with Crippen LogP contribution in [-0.2, 0) is 15.9 Å². The van der Waals surface area contributed by atoms with E-state index in [4.69, 9.17) is 10.5 Å². The summed E-state index contributed by atoms with van der Waals surface area (Å²) in [5.41, 5.74) is 1.41. The number of aryl methyl sites for hydroxylation is 1. The van der Waals surface area contributed by atoms with Gasteiger partial charge in [-0.05, 0) is 12.0 Å². The van der Waals surface area contributed by atoms with Gasteiger partial charge >= 0.3 is 18.1 Å². The van der Waals surface area contributed by atoms with Gasteiger partial charge in [-0.2, -0.15) is 32.5 Å². The highest BCUT2D eigenvalue weighted by atomic mass is 19.4. The van der Waals surface area contributed by atoms with Gasteiger partial charge in [-0.3, -0.25) is 0 Å². The zero-order valence-electron chi connectivity index (χ0n) is 11.6. The van der Waals surface area contributed by atoms with Crippen molar-refractivity contribution >= 4 is 0 Å². The maximum atomic E-state index is 12.7. The summed E-state index contributed by atoms with van der Waals surface area (Å²) in [6.07, 6.45) is -4.76. The monoisotopic (exact) mass is 340 g/mol. The van der Waals surface area contributed by atoms with Crippen LogP contribution < -0.4 is 0 Å². The molecule has 0 saturated carbocycles. The number of hydrogen-bond donors (Lipinski definition) is 0. The van der Waals surface area contributed by atoms with Crippen molar-refractivity contribution in [3.63, 3.8) is 0 Å². The van der Waals surface area contributed by atoms with Crippen molar-refractivity contribution in [2.75, 3.05) is 0 Å². The van der Waals surface area contributed by atoms with Crippen molar-refractivity contribution in [3.8, 4) is 12.5 Å². The van der Waals surface area contributed by atoms with Crippen molar-refractivity contribution in [1.82, 2.24) is 0 Å². The molecule has 1 aromatic carbocycles. The predicted octanol–water partition coefficient (Wildman–Crippen LogP) is 4.05. The second-order valence-electron chi connectivity index (χ2n) is 3.83. The van der Waals surface area contributed by atoms with E-state index in [2.05, 4.69) is 40.7 Å². The molecule has 0 spiro atoms. The van der Waals surface area contributed by atoms with Gasteiger partial charge in [0.15, 0.2) is 0 Å². The van der Waals surface area contributed by atoms with Gasteiger partial charge in [-0.15, -0.1) is 4.39 Å². The van der Waals surface area contributed by atoms with E-state index in [0.717, 1.165) is 6.42 Å². The largest absolute Gasteiger partial charge is 0.503 e. The zero-order chi connectivity index (χ0) is 18.1. The molecule has 0 saturated heterocycles. The number of rotatable bonds is 4. The fourth-order valence-electron chi connectivity index (χ4n) is 1.15. The number of benzene rings is 1. The van der Waals surface area contributed by atoms with Crippen LogP contribution in [0.15, 0.2) is 30.3 Å². The summed E-state index contributed by atoms with van der Waals surface area (Å²) in [6, 6.07) is 5.26. The van der Waals surface area contributed by atoms with Gasteiger partial charge < -0.3 is 9.47 Å². The topological polar surface area (TPSA) is 66.0 Å². The average Bonchev–Trinajstić information content (AvgIpc) is 2.48. The summed E-state index contributed by atoms with van der Waals surface area (Å²) in [4.78, 5) is 0. The smallest absolute Gasteiger partial charge is 0.346 e. The van der Waals surface area contributed by atoms with Crippen LogP contribution in [0, 0.1) is 23.0 Å². The van der Waals surface area contributed by atoms with Crippen LogP contribution in [-0.4, -0.2) is 18.1 Å². The first kappa shape index (κ1) is 20.4. The number of halogens is 6. The van der Waals surface area contributed by atoms with Gasteiger partial charge in [0.2, 0.25) is 0 Å². The molecule has 0 aliphatic carbocycles. The third-order valence-corrected chi connectivity index (χ3v) is 2.34. The van der Waals surface area contributed by atoms with E-state index in [-0.39, 0.29) is 12.5 Å². The van der Waals surface area contributed by atoms with E-state index in [9.17, 15) is 26.3 Å². The first-order valence-corrected chi connectivity index (χ1v) is 5.87. The summed E-state index contributed by atoms with van der Waals surface area (Å²) < 4.78 is 77.7. The molecule has 0 aromatic heterocycles. The van der Waals surface area contributed by atoms with Crippen molar-refractivity contribution in [2.24, 2.45) is 0 Å². The Labute approximate surface area is 127 Å². The van der Waals surface area contributed by atoms with Crippen LogP contribution >= 0.6 is 0 Å². The van der Waals surface area contributed by atoms with Gasteiger partial charge in [0.05, 0.1) is 0 Å². The second-order valence-corrected chi connectivity index (χ2v) is 3.83. The van der Waals surface area contributed by atoms with Crippen LogP contribution in [0.1, 0.15) is 12.5 Å². The van der Waals surface area contributed by atoms with Crippen LogP contribution in [0.25, 0.3) is 0 Å². The van der Waals surface area contributed by atoms with E-state index in [1.54, 1.807) is 0 Å². The van der Waals surface area contributed by atoms with Crippen LogP contribution in [0.2, 0.25) is 0 Å². The highest BCUT2D eigenvalue weighted by Crippen LogP contribution is 2.46. The molecule has 0 heterocycles. The van der Waals surface area contributed by atoms with Gasteiger partial charge in [0.1, 0.15) is 0 Å². The Hall–Kier alpha value is -2.62. The Morgan fingerprint density at radius 3 is 1.61 bits per heavy atom. The third-order valence-electron chi connectivity index (χ3n) is 2.34. The molecule has 0 atom stereocenters. The lowest BCUT2D eigenvalue weighted by atomic mass is 10.2. The van der Waals surface area contributed by atoms with Crippen molar-refractivity contribution in [2.45, 2.75) is 31.5 Å². The van der Waals surface area contributed by atoms with Crippen LogP contribution in [0.4, 0.5) is 26.3 Å². The van der Waals surface area contributed by atoms with Gasteiger partial charge in [0, 0.05) is 0 Å². The predicted molar refractivity (Wildman–Crippen MR) is 64.1 cm³/mol. The summed E-state index contributed by atoms with van der Waals surface area (Å²) >= 11 is 0. The summed E-state index contributed by atoms with van der Waals surface area (Å²) in [6.45, 7) is 2.16. The molecule has 0 amide bonds. The number of hydrogen-bond acceptors (Lipinski definition) is 4. The lowest BCUT2D eigenvalue weighted by Crippen LogP contribution is -2.56. The van der Waals surface area contributed by atoms with Crippen molar-refractivity contribution < 1.29 is 35.8 Å². The normalized spacial score (nSPS) is 11.3. The molecule has 0 unspecified atom stereocenters. The molecule has 1 aromatic rings. The summed E-state index contributed by atoms with van der Waals surface area (Å²) in [7, 11) is 0. The number of nitriles is 2. The SMILES string of the molecule is CCc1ccccc1.N#COC(F)(OC#N)C(F)(F)C(F)(F)F. The van der Waals surface area contributed by atoms with Crippen molar-refractivity contribution in [1.29, 1.82) is 10.5 Å². The maximum Gasteiger partial charge on any atom is 0.503 e. The molecule has 0 aliphatic rings. The van der Waals surface area contributed by atoms with E-state index in [1.807, 2.05) is 6.07 Å². The van der Waals surface area contributed by atoms with Crippen molar-refractivity contribution in [3.05, 3.63) is 35.9 Å². The molecular formula is C13H10F6N2O2. The quantitative estimate of drug-likeness (QED) is 0.471. The summed E-state index contributed by atoms with van der Waals surface area (Å²) in [5.74, 6) is -6.16. The molecule has 0 bridgehead atoms.